The summed E-state index contributed by atoms with van der Waals surface area (Å²) in [5.41, 5.74) is 11.3. The van der Waals surface area contributed by atoms with Gasteiger partial charge in [-0.1, -0.05) is 188 Å². The van der Waals surface area contributed by atoms with Gasteiger partial charge in [0.2, 0.25) is 0 Å². The Bertz CT molecular complexity index is 3860. The largest absolute Gasteiger partial charge is 0.489 e. The lowest BCUT2D eigenvalue weighted by atomic mass is 9.85. The van der Waals surface area contributed by atoms with Crippen LogP contribution in [-0.2, 0) is 68.1 Å². The molecule has 0 bridgehead atoms. The van der Waals surface area contributed by atoms with Crippen molar-refractivity contribution in [2.24, 2.45) is 0 Å². The Balaban J connectivity index is 1.03. The number of carbonyl (C=O) groups is 2. The second-order valence-electron chi connectivity index (χ2n) is 22.0. The lowest BCUT2D eigenvalue weighted by molar-refractivity contribution is -0.288. The molecule has 86 heavy (non-hydrogen) atoms. The van der Waals surface area contributed by atoms with E-state index in [2.05, 4.69) is 15.3 Å². The number of aliphatic hydroxyl groups excluding tert-OH is 2. The number of aliphatic hydroxyl groups is 2. The molecular weight excluding hydrogens is 1080 g/mol. The second-order valence-corrected chi connectivity index (χ2v) is 22.0. The molecule has 13 rings (SSSR count). The molecule has 1 saturated heterocycles. The number of ether oxygens (including phenoxy) is 7. The number of aromatic nitrogens is 1. The minimum Gasteiger partial charge on any atom is -0.489 e. The van der Waals surface area contributed by atoms with Crippen LogP contribution < -0.4 is 15.5 Å². The zero-order valence-corrected chi connectivity index (χ0v) is 47.2. The molecule has 2 amide bonds. The van der Waals surface area contributed by atoms with Crippen molar-refractivity contribution in [2.75, 3.05) is 25.1 Å². The molecule has 0 spiro atoms. The Hall–Kier alpha value is -8.74. The highest BCUT2D eigenvalue weighted by molar-refractivity contribution is 6.33. The van der Waals surface area contributed by atoms with E-state index in [1.165, 1.54) is 0 Å². The minimum atomic E-state index is -1.07. The molecule has 15 nitrogen and oxygen atoms in total. The van der Waals surface area contributed by atoms with Gasteiger partial charge < -0.3 is 53.3 Å². The molecule has 7 atom stereocenters. The van der Waals surface area contributed by atoms with E-state index < -0.39 is 73.7 Å². The van der Waals surface area contributed by atoms with Crippen molar-refractivity contribution in [3.63, 3.8) is 0 Å². The molecular formula is C71H66N4O11. The van der Waals surface area contributed by atoms with Crippen LogP contribution in [0, 0.1) is 0 Å². The van der Waals surface area contributed by atoms with Gasteiger partial charge in [-0.3, -0.25) is 9.59 Å². The topological polar surface area (TPSA) is 171 Å². The summed E-state index contributed by atoms with van der Waals surface area (Å²) < 4.78 is 51.5. The zero-order chi connectivity index (χ0) is 58.3. The fourth-order valence-corrected chi connectivity index (χ4v) is 12.1. The molecule has 0 radical (unpaired) electrons. The van der Waals surface area contributed by atoms with E-state index in [1.807, 2.05) is 218 Å². The summed E-state index contributed by atoms with van der Waals surface area (Å²) in [7, 11) is 0. The third kappa shape index (κ3) is 11.7. The molecule has 9 aromatic rings. The fraction of sp³-hybridized carbons (Fsp3) is 0.239. The van der Waals surface area contributed by atoms with Gasteiger partial charge in [0.05, 0.1) is 86.2 Å². The van der Waals surface area contributed by atoms with Crippen LogP contribution in [-0.4, -0.2) is 87.9 Å². The quantitative estimate of drug-likeness (QED) is 0.0422. The third-order valence-corrected chi connectivity index (χ3v) is 16.3. The number of rotatable bonds is 24. The van der Waals surface area contributed by atoms with Crippen molar-refractivity contribution >= 4 is 39.3 Å². The molecule has 1 aromatic heterocycles. The van der Waals surface area contributed by atoms with Crippen molar-refractivity contribution < 1.29 is 53.0 Å². The minimum absolute atomic E-state index is 0.0752. The van der Waals surface area contributed by atoms with Crippen molar-refractivity contribution in [3.05, 3.63) is 274 Å². The SMILES string of the molecule is O=C1c2c3c(c4c(c2C(=O)N1NC(CO)CO)c1ccc(OCc2ccccc2)cc1n4[C@@H]1O[C@H](COCc2ccccc2)[C@@H](OCc2ccccc2)[C@H](OCc2ccccc2)[C@H]1OCc1ccccc1)NC1C=C(OCc2ccccc2)C=CC31. The van der Waals surface area contributed by atoms with Gasteiger partial charge in [0, 0.05) is 28.3 Å². The van der Waals surface area contributed by atoms with E-state index in [4.69, 9.17) is 33.2 Å². The van der Waals surface area contributed by atoms with E-state index >= 15 is 9.59 Å². The van der Waals surface area contributed by atoms with E-state index in [0.29, 0.717) is 51.2 Å². The fourth-order valence-electron chi connectivity index (χ4n) is 12.1. The maximum atomic E-state index is 15.6. The maximum Gasteiger partial charge on any atom is 0.276 e. The van der Waals surface area contributed by atoms with Gasteiger partial charge in [0.1, 0.15) is 49.1 Å². The first-order chi connectivity index (χ1) is 42.4. The number of allylic oxidation sites excluding steroid dienone is 1. The summed E-state index contributed by atoms with van der Waals surface area (Å²) in [6.07, 6.45) is 1.50. The average molecular weight is 1150 g/mol. The standard InChI is InChI=1S/C71H66N4O11/c76-37-52(38-77)73-75-69(78)62-60-55-33-31-53(81-40-47-21-9-2-10-22-47)35-57(55)72-64(60)65-61(63(62)70(75)79)56-34-32-54(82-41-48-23-11-3-12-24-48)36-58(56)74(65)71-68(85-44-51-29-17-6-18-30-51)67(84-43-50-27-15-5-16-28-50)66(83-42-49-25-13-4-14-26-49)59(86-71)45-80-39-46-19-7-1-8-20-46/h1-36,52,55,57,59,66-68,71-73,76-77H,37-45H2/t55?,57?,59-,66-,67+,68-,71-/m1/s1. The molecule has 0 saturated carbocycles. The highest BCUT2D eigenvalue weighted by Crippen LogP contribution is 2.54. The van der Waals surface area contributed by atoms with Gasteiger partial charge >= 0.3 is 0 Å². The summed E-state index contributed by atoms with van der Waals surface area (Å²) in [4.78, 5) is 30.9. The van der Waals surface area contributed by atoms with E-state index in [1.54, 1.807) is 0 Å². The number of hydrazine groups is 1. The van der Waals surface area contributed by atoms with Gasteiger partial charge in [-0.15, -0.1) is 0 Å². The van der Waals surface area contributed by atoms with Crippen LogP contribution >= 0.6 is 0 Å². The summed E-state index contributed by atoms with van der Waals surface area (Å²) >= 11 is 0. The Morgan fingerprint density at radius 3 is 1.62 bits per heavy atom. The number of anilines is 1. The Kier molecular flexibility index (Phi) is 17.0. The second kappa shape index (κ2) is 25.9. The molecule has 4 aliphatic rings. The van der Waals surface area contributed by atoms with Gasteiger partial charge in [0.15, 0.2) is 6.23 Å². The summed E-state index contributed by atoms with van der Waals surface area (Å²) in [6.45, 7) is 0.441. The predicted molar refractivity (Wildman–Crippen MR) is 325 cm³/mol. The van der Waals surface area contributed by atoms with Crippen LogP contribution in [0.3, 0.4) is 0 Å². The van der Waals surface area contributed by atoms with Crippen LogP contribution in [0.15, 0.2) is 224 Å². The molecule has 436 valence electrons. The Morgan fingerprint density at radius 2 is 1.06 bits per heavy atom. The monoisotopic (exact) mass is 1150 g/mol. The number of imide groups is 1. The molecule has 1 fully saturated rings. The van der Waals surface area contributed by atoms with Gasteiger partial charge in [0.25, 0.3) is 11.8 Å². The van der Waals surface area contributed by atoms with Crippen LogP contribution in [0.5, 0.6) is 5.75 Å². The number of hydrogen-bond acceptors (Lipinski definition) is 13. The highest BCUT2D eigenvalue weighted by Gasteiger charge is 2.53. The van der Waals surface area contributed by atoms with E-state index in [9.17, 15) is 10.2 Å². The molecule has 8 aromatic carbocycles. The van der Waals surface area contributed by atoms with Crippen LogP contribution in [0.25, 0.3) is 21.8 Å². The number of carbonyl (C=O) groups excluding carboxylic acids is 2. The molecule has 3 aliphatic heterocycles. The first-order valence-electron chi connectivity index (χ1n) is 29.2. The van der Waals surface area contributed by atoms with E-state index in [0.717, 1.165) is 38.4 Å². The number of nitrogens with one attached hydrogen (secondary N) is 2. The smallest absolute Gasteiger partial charge is 0.276 e. The maximum absolute atomic E-state index is 15.6. The third-order valence-electron chi connectivity index (χ3n) is 16.3. The van der Waals surface area contributed by atoms with E-state index in [-0.39, 0.29) is 50.8 Å². The van der Waals surface area contributed by atoms with Gasteiger partial charge in [-0.2, -0.15) is 0 Å². The average Bonchev–Trinajstić information content (AvgIpc) is 1.60. The van der Waals surface area contributed by atoms with Crippen molar-refractivity contribution in [1.82, 2.24) is 15.0 Å². The molecule has 4 N–H and O–H groups in total. The van der Waals surface area contributed by atoms with Crippen molar-refractivity contribution in [3.8, 4) is 5.75 Å². The lowest BCUT2D eigenvalue weighted by Crippen LogP contribution is -2.59. The highest BCUT2D eigenvalue weighted by atomic mass is 16.6. The number of benzene rings is 8. The molecule has 15 heteroatoms. The Labute approximate surface area is 498 Å². The van der Waals surface area contributed by atoms with Crippen molar-refractivity contribution in [2.45, 2.75) is 88.3 Å². The molecule has 1 aliphatic carbocycles. The lowest BCUT2D eigenvalue weighted by Gasteiger charge is -2.47. The number of nitrogens with zero attached hydrogens (tertiary/aromatic N) is 2. The van der Waals surface area contributed by atoms with Crippen LogP contribution in [0.4, 0.5) is 5.69 Å². The first kappa shape index (κ1) is 56.4. The van der Waals surface area contributed by atoms with Crippen LogP contribution in [0.2, 0.25) is 0 Å². The summed E-state index contributed by atoms with van der Waals surface area (Å²) in [5.74, 6) is -0.572. The number of amides is 2. The summed E-state index contributed by atoms with van der Waals surface area (Å²) in [5, 5.41) is 26.6. The van der Waals surface area contributed by atoms with Gasteiger partial charge in [-0.05, 0) is 57.7 Å². The van der Waals surface area contributed by atoms with Crippen LogP contribution in [0.1, 0.15) is 71.8 Å². The number of hydrogen-bond donors (Lipinski definition) is 4. The molecule has 4 heterocycles. The molecule has 2 unspecified atom stereocenters. The van der Waals surface area contributed by atoms with Gasteiger partial charge in [-0.25, -0.2) is 10.4 Å². The Morgan fingerprint density at radius 1 is 0.558 bits per heavy atom. The summed E-state index contributed by atoms with van der Waals surface area (Å²) in [6, 6.07) is 64.0. The first-order valence-corrected chi connectivity index (χ1v) is 29.2. The normalized spacial score (nSPS) is 20.5. The zero-order valence-electron chi connectivity index (χ0n) is 47.2. The predicted octanol–water partition coefficient (Wildman–Crippen LogP) is 11.2. The number of fused-ring (bicyclic) bond motifs is 10. The van der Waals surface area contributed by atoms with Crippen molar-refractivity contribution in [1.29, 1.82) is 0 Å².